The van der Waals surface area contributed by atoms with E-state index in [1.807, 2.05) is 26.0 Å². The molecule has 0 saturated carbocycles. The molecule has 0 aromatic heterocycles. The molecule has 4 rings (SSSR count). The molecule has 1 fully saturated rings. The summed E-state index contributed by atoms with van der Waals surface area (Å²) < 4.78 is 23.7. The standard InChI is InChI=1S/C31H30ClIN2O7/c1-4-12-41-25-11-8-20(15-26(25)40-5-2)17-35-30(37)23(29(36)34-31(35)38)13-21-14-24(33)28(27(16-21)39-3)42-18-19-6-9-22(32)10-7-19/h6-11,13-16H,4-5,12,17-18H2,1-3H3,(H,34,36,38)/b23-13+. The number of ether oxygens (including phenoxy) is 4. The fraction of sp³-hybridized carbons (Fsp3) is 0.258. The lowest BCUT2D eigenvalue weighted by atomic mass is 10.1. The summed E-state index contributed by atoms with van der Waals surface area (Å²) >= 11 is 8.07. The number of nitrogens with zero attached hydrogens (tertiary/aromatic N) is 1. The van der Waals surface area contributed by atoms with Crippen molar-refractivity contribution >= 4 is 58.1 Å². The number of nitrogens with one attached hydrogen (secondary N) is 1. The highest BCUT2D eigenvalue weighted by Gasteiger charge is 2.36. The van der Waals surface area contributed by atoms with Crippen LogP contribution in [0, 0.1) is 3.57 Å². The highest BCUT2D eigenvalue weighted by Crippen LogP contribution is 2.36. The number of amides is 4. The van der Waals surface area contributed by atoms with Crippen LogP contribution in [0.2, 0.25) is 5.02 Å². The molecule has 0 aliphatic carbocycles. The smallest absolute Gasteiger partial charge is 0.331 e. The van der Waals surface area contributed by atoms with E-state index in [1.165, 1.54) is 13.2 Å². The third-order valence-corrected chi connectivity index (χ3v) is 7.21. The van der Waals surface area contributed by atoms with Gasteiger partial charge in [0.05, 0.1) is 30.4 Å². The van der Waals surface area contributed by atoms with Gasteiger partial charge in [-0.3, -0.25) is 19.8 Å². The number of carbonyl (C=O) groups is 3. The van der Waals surface area contributed by atoms with Crippen LogP contribution >= 0.6 is 34.2 Å². The van der Waals surface area contributed by atoms with E-state index in [-0.39, 0.29) is 12.1 Å². The molecule has 1 aliphatic heterocycles. The highest BCUT2D eigenvalue weighted by molar-refractivity contribution is 14.1. The third-order valence-electron chi connectivity index (χ3n) is 6.16. The van der Waals surface area contributed by atoms with Crippen LogP contribution in [0.5, 0.6) is 23.0 Å². The molecule has 1 N–H and O–H groups in total. The van der Waals surface area contributed by atoms with E-state index < -0.39 is 17.8 Å². The molecule has 9 nitrogen and oxygen atoms in total. The van der Waals surface area contributed by atoms with Crippen molar-refractivity contribution in [1.29, 1.82) is 0 Å². The quantitative estimate of drug-likeness (QED) is 0.133. The Balaban J connectivity index is 1.57. The minimum atomic E-state index is -0.801. The lowest BCUT2D eigenvalue weighted by molar-refractivity contribution is -0.130. The van der Waals surface area contributed by atoms with Gasteiger partial charge in [0.25, 0.3) is 11.8 Å². The van der Waals surface area contributed by atoms with Gasteiger partial charge in [0.15, 0.2) is 23.0 Å². The van der Waals surface area contributed by atoms with Crippen molar-refractivity contribution in [3.8, 4) is 23.0 Å². The number of carbonyl (C=O) groups excluding carboxylic acids is 3. The molecule has 11 heteroatoms. The molecule has 1 aliphatic rings. The molecule has 220 valence electrons. The van der Waals surface area contributed by atoms with Gasteiger partial charge in [0, 0.05) is 5.02 Å². The fourth-order valence-electron chi connectivity index (χ4n) is 4.14. The lowest BCUT2D eigenvalue weighted by Crippen LogP contribution is -2.53. The van der Waals surface area contributed by atoms with Crippen molar-refractivity contribution in [2.45, 2.75) is 33.4 Å². The van der Waals surface area contributed by atoms with Crippen molar-refractivity contribution in [3.63, 3.8) is 0 Å². The summed E-state index contributed by atoms with van der Waals surface area (Å²) in [5, 5.41) is 2.90. The molecule has 0 atom stereocenters. The predicted molar refractivity (Wildman–Crippen MR) is 167 cm³/mol. The van der Waals surface area contributed by atoms with Crippen LogP contribution in [-0.2, 0) is 22.7 Å². The molecule has 1 heterocycles. The largest absolute Gasteiger partial charge is 0.493 e. The monoisotopic (exact) mass is 704 g/mol. The number of hydrogen-bond acceptors (Lipinski definition) is 7. The third kappa shape index (κ3) is 7.54. The van der Waals surface area contributed by atoms with Gasteiger partial charge in [0.2, 0.25) is 0 Å². The number of hydrogen-bond donors (Lipinski definition) is 1. The van der Waals surface area contributed by atoms with E-state index in [1.54, 1.807) is 42.5 Å². The summed E-state index contributed by atoms with van der Waals surface area (Å²) in [5.74, 6) is 0.537. The van der Waals surface area contributed by atoms with Crippen LogP contribution in [0.3, 0.4) is 0 Å². The van der Waals surface area contributed by atoms with Crippen molar-refractivity contribution in [2.75, 3.05) is 20.3 Å². The number of benzene rings is 3. The molecule has 0 unspecified atom stereocenters. The van der Waals surface area contributed by atoms with Gasteiger partial charge in [-0.25, -0.2) is 4.79 Å². The first kappa shape index (κ1) is 31.2. The first-order valence-electron chi connectivity index (χ1n) is 13.3. The second-order valence-electron chi connectivity index (χ2n) is 9.22. The van der Waals surface area contributed by atoms with E-state index in [4.69, 9.17) is 30.5 Å². The zero-order chi connectivity index (χ0) is 30.2. The zero-order valence-corrected chi connectivity index (χ0v) is 26.3. The highest BCUT2D eigenvalue weighted by atomic mass is 127. The molecule has 4 amide bonds. The van der Waals surface area contributed by atoms with Crippen molar-refractivity contribution in [3.05, 3.63) is 85.5 Å². The van der Waals surface area contributed by atoms with Crippen molar-refractivity contribution < 1.29 is 33.3 Å². The Labute approximate surface area is 262 Å². The van der Waals surface area contributed by atoms with Crippen LogP contribution in [0.15, 0.2) is 60.2 Å². The van der Waals surface area contributed by atoms with E-state index in [0.29, 0.717) is 62.5 Å². The second kappa shape index (κ2) is 14.4. The summed E-state index contributed by atoms with van der Waals surface area (Å²) in [6, 6.07) is 15.2. The number of urea groups is 1. The maximum atomic E-state index is 13.4. The topological polar surface area (TPSA) is 103 Å². The summed E-state index contributed by atoms with van der Waals surface area (Å²) in [6.07, 6.45) is 2.26. The Bertz CT molecular complexity index is 1510. The maximum Gasteiger partial charge on any atom is 0.331 e. The van der Waals surface area contributed by atoms with Gasteiger partial charge < -0.3 is 18.9 Å². The maximum absolute atomic E-state index is 13.4. The van der Waals surface area contributed by atoms with E-state index in [2.05, 4.69) is 27.9 Å². The zero-order valence-electron chi connectivity index (χ0n) is 23.4. The second-order valence-corrected chi connectivity index (χ2v) is 10.8. The number of imide groups is 2. The SMILES string of the molecule is CCCOc1ccc(CN2C(=O)NC(=O)/C(=C\c3cc(I)c(OCc4ccc(Cl)cc4)c(OC)c3)C2=O)cc1OCC. The number of barbiturate groups is 1. The van der Waals surface area contributed by atoms with Crippen LogP contribution in [0.25, 0.3) is 6.08 Å². The van der Waals surface area contributed by atoms with Gasteiger partial charge >= 0.3 is 6.03 Å². The Hall–Kier alpha value is -3.77. The van der Waals surface area contributed by atoms with Crippen molar-refractivity contribution in [1.82, 2.24) is 10.2 Å². The first-order chi connectivity index (χ1) is 20.2. The van der Waals surface area contributed by atoms with E-state index >= 15 is 0 Å². The summed E-state index contributed by atoms with van der Waals surface area (Å²) in [7, 11) is 1.51. The van der Waals surface area contributed by atoms with Gasteiger partial charge in [-0.05, 0) is 95.1 Å². The predicted octanol–water partition coefficient (Wildman–Crippen LogP) is 6.38. The van der Waals surface area contributed by atoms with E-state index in [9.17, 15) is 14.4 Å². The van der Waals surface area contributed by atoms with Crippen molar-refractivity contribution in [2.24, 2.45) is 0 Å². The van der Waals surface area contributed by atoms with Gasteiger partial charge in [-0.2, -0.15) is 0 Å². The first-order valence-corrected chi connectivity index (χ1v) is 14.7. The number of rotatable bonds is 12. The molecule has 0 spiro atoms. The summed E-state index contributed by atoms with van der Waals surface area (Å²) in [5.41, 5.74) is 1.90. The molecular weight excluding hydrogens is 675 g/mol. The average Bonchev–Trinajstić information content (AvgIpc) is 2.97. The Morgan fingerprint density at radius 2 is 1.64 bits per heavy atom. The minimum Gasteiger partial charge on any atom is -0.493 e. The summed E-state index contributed by atoms with van der Waals surface area (Å²) in [6.45, 7) is 5.03. The van der Waals surface area contributed by atoms with Gasteiger partial charge in [0.1, 0.15) is 12.2 Å². The Morgan fingerprint density at radius 1 is 0.905 bits per heavy atom. The molecular formula is C31H30ClIN2O7. The number of halogens is 2. The Morgan fingerprint density at radius 3 is 2.33 bits per heavy atom. The average molecular weight is 705 g/mol. The van der Waals surface area contributed by atoms with Crippen LogP contribution < -0.4 is 24.3 Å². The lowest BCUT2D eigenvalue weighted by Gasteiger charge is -2.26. The summed E-state index contributed by atoms with van der Waals surface area (Å²) in [4.78, 5) is 39.8. The fourth-order valence-corrected chi connectivity index (χ4v) is 5.04. The number of methoxy groups -OCH3 is 1. The van der Waals surface area contributed by atoms with E-state index in [0.717, 1.165) is 16.9 Å². The van der Waals surface area contributed by atoms with Crippen LogP contribution in [0.1, 0.15) is 37.0 Å². The molecule has 0 bridgehead atoms. The molecule has 42 heavy (non-hydrogen) atoms. The van der Waals surface area contributed by atoms with Gasteiger partial charge in [-0.1, -0.05) is 36.7 Å². The minimum absolute atomic E-state index is 0.0677. The Kier molecular flexibility index (Phi) is 10.7. The van der Waals surface area contributed by atoms with Crippen LogP contribution in [0.4, 0.5) is 4.79 Å². The van der Waals surface area contributed by atoms with Gasteiger partial charge in [-0.15, -0.1) is 0 Å². The van der Waals surface area contributed by atoms with Crippen LogP contribution in [-0.4, -0.2) is 43.1 Å². The normalized spacial score (nSPS) is 14.2. The molecule has 0 radical (unpaired) electrons. The molecule has 3 aromatic carbocycles. The molecule has 3 aromatic rings. The molecule has 1 saturated heterocycles.